The first-order valence-corrected chi connectivity index (χ1v) is 7.06. The average Bonchev–Trinajstić information content (AvgIpc) is 2.22. The van der Waals surface area contributed by atoms with E-state index in [1.165, 1.54) is 38.5 Å². The molecule has 3 heteroatoms. The average molecular weight is 241 g/mol. The molecule has 100 valence electrons. The van der Waals surface area contributed by atoms with Crippen molar-refractivity contribution in [3.05, 3.63) is 0 Å². The van der Waals surface area contributed by atoms with Crippen molar-refractivity contribution in [3.8, 4) is 0 Å². The Labute approximate surface area is 105 Å². The molecule has 0 aliphatic heterocycles. The molecular weight excluding hydrogens is 214 g/mol. The van der Waals surface area contributed by atoms with Gasteiger partial charge in [0.15, 0.2) is 0 Å². The van der Waals surface area contributed by atoms with E-state index in [0.29, 0.717) is 5.92 Å². The number of hydrogen-bond acceptors (Lipinski definition) is 2. The Morgan fingerprint density at radius 1 is 1.35 bits per heavy atom. The molecule has 0 radical (unpaired) electrons. The van der Waals surface area contributed by atoms with Gasteiger partial charge < -0.3 is 10.8 Å². The van der Waals surface area contributed by atoms with Gasteiger partial charge in [-0.3, -0.25) is 4.79 Å². The van der Waals surface area contributed by atoms with Crippen molar-refractivity contribution in [2.75, 3.05) is 6.54 Å². The van der Waals surface area contributed by atoms with Gasteiger partial charge in [-0.1, -0.05) is 45.4 Å². The van der Waals surface area contributed by atoms with Crippen molar-refractivity contribution in [1.29, 1.82) is 0 Å². The molecule has 0 saturated heterocycles. The van der Waals surface area contributed by atoms with Gasteiger partial charge in [-0.2, -0.15) is 0 Å². The van der Waals surface area contributed by atoms with Crippen molar-refractivity contribution in [2.45, 2.75) is 58.3 Å². The molecule has 0 amide bonds. The number of carboxylic acids is 1. The normalized spacial score (nSPS) is 19.6. The summed E-state index contributed by atoms with van der Waals surface area (Å²) in [4.78, 5) is 10.8. The van der Waals surface area contributed by atoms with Gasteiger partial charge in [-0.25, -0.2) is 0 Å². The minimum absolute atomic E-state index is 0.268. The van der Waals surface area contributed by atoms with Gasteiger partial charge in [0.1, 0.15) is 0 Å². The van der Waals surface area contributed by atoms with Gasteiger partial charge in [0, 0.05) is 6.54 Å². The van der Waals surface area contributed by atoms with E-state index in [1.54, 1.807) is 0 Å². The Bertz CT molecular complexity index is 226. The fourth-order valence-corrected chi connectivity index (χ4v) is 2.51. The van der Waals surface area contributed by atoms with Crippen LogP contribution < -0.4 is 5.73 Å². The summed E-state index contributed by atoms with van der Waals surface area (Å²) in [6.07, 6.45) is 9.96. The number of aliphatic carboxylic acids is 1. The molecule has 2 unspecified atom stereocenters. The summed E-state index contributed by atoms with van der Waals surface area (Å²) in [6, 6.07) is 0. The SMILES string of the molecule is CC(CCCC1CCC1)CCC(CN)C(=O)O. The Balaban J connectivity index is 2.02. The fraction of sp³-hybridized carbons (Fsp3) is 0.929. The number of nitrogens with two attached hydrogens (primary N) is 1. The van der Waals surface area contributed by atoms with Crippen LogP contribution >= 0.6 is 0 Å². The van der Waals surface area contributed by atoms with E-state index >= 15 is 0 Å². The maximum atomic E-state index is 10.8. The van der Waals surface area contributed by atoms with Crippen LogP contribution in [0.3, 0.4) is 0 Å². The molecule has 0 aromatic heterocycles. The highest BCUT2D eigenvalue weighted by Crippen LogP contribution is 2.31. The molecular formula is C14H27NO2. The lowest BCUT2D eigenvalue weighted by molar-refractivity contribution is -0.141. The molecule has 3 nitrogen and oxygen atoms in total. The quantitative estimate of drug-likeness (QED) is 0.652. The highest BCUT2D eigenvalue weighted by Gasteiger charge is 2.18. The van der Waals surface area contributed by atoms with Crippen LogP contribution in [-0.2, 0) is 4.79 Å². The summed E-state index contributed by atoms with van der Waals surface area (Å²) in [5.41, 5.74) is 5.44. The Morgan fingerprint density at radius 2 is 2.06 bits per heavy atom. The molecule has 0 bridgehead atoms. The third kappa shape index (κ3) is 5.53. The highest BCUT2D eigenvalue weighted by molar-refractivity contribution is 5.70. The van der Waals surface area contributed by atoms with Gasteiger partial charge in [0.05, 0.1) is 5.92 Å². The van der Waals surface area contributed by atoms with E-state index < -0.39 is 5.97 Å². The summed E-state index contributed by atoms with van der Waals surface area (Å²) in [5.74, 6) is 0.555. The molecule has 1 aliphatic carbocycles. The van der Waals surface area contributed by atoms with E-state index in [4.69, 9.17) is 10.8 Å². The van der Waals surface area contributed by atoms with Gasteiger partial charge in [-0.15, -0.1) is 0 Å². The molecule has 1 rings (SSSR count). The van der Waals surface area contributed by atoms with E-state index in [1.807, 2.05) is 0 Å². The van der Waals surface area contributed by atoms with Crippen LogP contribution in [0.15, 0.2) is 0 Å². The third-order valence-corrected chi connectivity index (χ3v) is 4.18. The van der Waals surface area contributed by atoms with Gasteiger partial charge in [-0.05, 0) is 24.7 Å². The summed E-state index contributed by atoms with van der Waals surface area (Å²) in [5, 5.41) is 8.89. The van der Waals surface area contributed by atoms with Crippen molar-refractivity contribution in [2.24, 2.45) is 23.5 Å². The van der Waals surface area contributed by atoms with E-state index in [-0.39, 0.29) is 12.5 Å². The topological polar surface area (TPSA) is 63.3 Å². The van der Waals surface area contributed by atoms with Crippen molar-refractivity contribution >= 4 is 5.97 Å². The molecule has 2 atom stereocenters. The predicted octanol–water partition coefficient (Wildman–Crippen LogP) is 3.03. The maximum absolute atomic E-state index is 10.8. The summed E-state index contributed by atoms with van der Waals surface area (Å²) >= 11 is 0. The highest BCUT2D eigenvalue weighted by atomic mass is 16.4. The maximum Gasteiger partial charge on any atom is 0.307 e. The summed E-state index contributed by atoms with van der Waals surface area (Å²) < 4.78 is 0. The minimum Gasteiger partial charge on any atom is -0.481 e. The Hall–Kier alpha value is -0.570. The lowest BCUT2D eigenvalue weighted by atomic mass is 9.81. The predicted molar refractivity (Wildman–Crippen MR) is 69.8 cm³/mol. The lowest BCUT2D eigenvalue weighted by Crippen LogP contribution is -2.23. The zero-order valence-electron chi connectivity index (χ0n) is 11.0. The first-order chi connectivity index (χ1) is 8.13. The van der Waals surface area contributed by atoms with Gasteiger partial charge in [0.2, 0.25) is 0 Å². The number of carbonyl (C=O) groups is 1. The van der Waals surface area contributed by atoms with Crippen LogP contribution in [-0.4, -0.2) is 17.6 Å². The molecule has 1 aliphatic rings. The number of carboxylic acid groups (broad SMARTS) is 1. The van der Waals surface area contributed by atoms with Crippen molar-refractivity contribution < 1.29 is 9.90 Å². The van der Waals surface area contributed by atoms with Gasteiger partial charge in [0.25, 0.3) is 0 Å². The van der Waals surface area contributed by atoms with Crippen molar-refractivity contribution in [1.82, 2.24) is 0 Å². The smallest absolute Gasteiger partial charge is 0.307 e. The fourth-order valence-electron chi connectivity index (χ4n) is 2.51. The molecule has 0 heterocycles. The number of hydrogen-bond donors (Lipinski definition) is 2. The largest absolute Gasteiger partial charge is 0.481 e. The number of rotatable bonds is 9. The van der Waals surface area contributed by atoms with Crippen LogP contribution in [0.5, 0.6) is 0 Å². The first kappa shape index (κ1) is 14.5. The van der Waals surface area contributed by atoms with E-state index in [0.717, 1.165) is 18.8 Å². The van der Waals surface area contributed by atoms with E-state index in [9.17, 15) is 4.79 Å². The van der Waals surface area contributed by atoms with Crippen molar-refractivity contribution in [3.63, 3.8) is 0 Å². The molecule has 0 aromatic rings. The van der Waals surface area contributed by atoms with Crippen LogP contribution in [0.25, 0.3) is 0 Å². The molecule has 0 aromatic carbocycles. The van der Waals surface area contributed by atoms with E-state index in [2.05, 4.69) is 6.92 Å². The van der Waals surface area contributed by atoms with Crippen LogP contribution in [0.1, 0.15) is 58.3 Å². The molecule has 0 spiro atoms. The van der Waals surface area contributed by atoms with Crippen LogP contribution in [0.2, 0.25) is 0 Å². The summed E-state index contributed by atoms with van der Waals surface area (Å²) in [6.45, 7) is 2.50. The second-order valence-corrected chi connectivity index (χ2v) is 5.68. The minimum atomic E-state index is -0.742. The second-order valence-electron chi connectivity index (χ2n) is 5.68. The van der Waals surface area contributed by atoms with Crippen LogP contribution in [0, 0.1) is 17.8 Å². The Kier molecular flexibility index (Phi) is 6.56. The standard InChI is InChI=1S/C14H27NO2/c1-11(4-2-5-12-6-3-7-12)8-9-13(10-15)14(16)17/h11-13H,2-10,15H2,1H3,(H,16,17). The van der Waals surface area contributed by atoms with Gasteiger partial charge >= 0.3 is 5.97 Å². The second kappa shape index (κ2) is 7.70. The molecule has 1 fully saturated rings. The molecule has 1 saturated carbocycles. The first-order valence-electron chi connectivity index (χ1n) is 7.06. The zero-order chi connectivity index (χ0) is 12.7. The summed E-state index contributed by atoms with van der Waals surface area (Å²) in [7, 11) is 0. The lowest BCUT2D eigenvalue weighted by Gasteiger charge is -2.25. The Morgan fingerprint density at radius 3 is 2.53 bits per heavy atom. The molecule has 3 N–H and O–H groups in total. The van der Waals surface area contributed by atoms with Crippen LogP contribution in [0.4, 0.5) is 0 Å². The zero-order valence-corrected chi connectivity index (χ0v) is 11.0. The monoisotopic (exact) mass is 241 g/mol. The third-order valence-electron chi connectivity index (χ3n) is 4.18. The molecule has 17 heavy (non-hydrogen) atoms.